The molecule has 1 aromatic carbocycles. The molecule has 0 spiro atoms. The van der Waals surface area contributed by atoms with E-state index in [4.69, 9.17) is 17.3 Å². The first-order valence-corrected chi connectivity index (χ1v) is 5.71. The summed E-state index contributed by atoms with van der Waals surface area (Å²) in [6.45, 7) is 0. The summed E-state index contributed by atoms with van der Waals surface area (Å²) >= 11 is 5.90. The third-order valence-electron chi connectivity index (χ3n) is 2.54. The van der Waals surface area contributed by atoms with Crippen molar-refractivity contribution in [3.05, 3.63) is 53.2 Å². The number of aromatic nitrogens is 1. The van der Waals surface area contributed by atoms with Gasteiger partial charge in [-0.3, -0.25) is 9.69 Å². The number of anilines is 2. The molecule has 0 aliphatic rings. The SMILES string of the molecule is CN(C(=O)c1ccc(N)c(Cl)c1)c1ccccn1. The van der Waals surface area contributed by atoms with Crippen LogP contribution in [0.25, 0.3) is 0 Å². The van der Waals surface area contributed by atoms with Crippen molar-refractivity contribution in [3.8, 4) is 0 Å². The summed E-state index contributed by atoms with van der Waals surface area (Å²) in [7, 11) is 1.66. The van der Waals surface area contributed by atoms with Crippen molar-refractivity contribution in [2.24, 2.45) is 0 Å². The van der Waals surface area contributed by atoms with Gasteiger partial charge in [0, 0.05) is 18.8 Å². The fraction of sp³-hybridized carbons (Fsp3) is 0.0769. The standard InChI is InChI=1S/C13H12ClN3O/c1-17(12-4-2-3-7-16-12)13(18)9-5-6-11(15)10(14)8-9/h2-8H,15H2,1H3. The highest BCUT2D eigenvalue weighted by Crippen LogP contribution is 2.21. The number of amides is 1. The number of halogens is 1. The Balaban J connectivity index is 2.29. The van der Waals surface area contributed by atoms with E-state index in [1.807, 2.05) is 6.07 Å². The summed E-state index contributed by atoms with van der Waals surface area (Å²) in [5.74, 6) is 0.394. The lowest BCUT2D eigenvalue weighted by Gasteiger charge is -2.16. The van der Waals surface area contributed by atoms with Crippen molar-refractivity contribution < 1.29 is 4.79 Å². The number of carbonyl (C=O) groups excluding carboxylic acids is 1. The van der Waals surface area contributed by atoms with Crippen LogP contribution < -0.4 is 10.6 Å². The van der Waals surface area contributed by atoms with Crippen LogP contribution >= 0.6 is 11.6 Å². The smallest absolute Gasteiger partial charge is 0.259 e. The van der Waals surface area contributed by atoms with Crippen LogP contribution in [0.3, 0.4) is 0 Å². The van der Waals surface area contributed by atoms with E-state index in [0.29, 0.717) is 22.1 Å². The Kier molecular flexibility index (Phi) is 3.48. The molecule has 0 bridgehead atoms. The molecule has 2 aromatic rings. The maximum atomic E-state index is 12.2. The summed E-state index contributed by atoms with van der Waals surface area (Å²) in [4.78, 5) is 17.8. The zero-order chi connectivity index (χ0) is 13.1. The number of rotatable bonds is 2. The van der Waals surface area contributed by atoms with Gasteiger partial charge in [0.15, 0.2) is 0 Å². The van der Waals surface area contributed by atoms with Crippen molar-refractivity contribution >= 4 is 29.0 Å². The van der Waals surface area contributed by atoms with Crippen LogP contribution in [0.5, 0.6) is 0 Å². The maximum Gasteiger partial charge on any atom is 0.259 e. The summed E-state index contributed by atoms with van der Waals surface area (Å²) in [6.07, 6.45) is 1.63. The van der Waals surface area contributed by atoms with Crippen LogP contribution in [0.1, 0.15) is 10.4 Å². The topological polar surface area (TPSA) is 59.2 Å². The summed E-state index contributed by atoms with van der Waals surface area (Å²) in [5.41, 5.74) is 6.53. The molecule has 2 rings (SSSR count). The predicted octanol–water partition coefficient (Wildman–Crippen LogP) is 2.59. The Morgan fingerprint density at radius 2 is 2.11 bits per heavy atom. The Morgan fingerprint density at radius 1 is 1.33 bits per heavy atom. The summed E-state index contributed by atoms with van der Waals surface area (Å²) < 4.78 is 0. The number of hydrogen-bond acceptors (Lipinski definition) is 3. The van der Waals surface area contributed by atoms with E-state index >= 15 is 0 Å². The van der Waals surface area contributed by atoms with Gasteiger partial charge in [-0.2, -0.15) is 0 Å². The van der Waals surface area contributed by atoms with Crippen LogP contribution in [-0.4, -0.2) is 17.9 Å². The quantitative estimate of drug-likeness (QED) is 0.846. The Labute approximate surface area is 110 Å². The van der Waals surface area contributed by atoms with Gasteiger partial charge < -0.3 is 5.73 Å². The molecule has 0 fully saturated rings. The number of nitrogen functional groups attached to an aromatic ring is 1. The van der Waals surface area contributed by atoms with E-state index in [-0.39, 0.29) is 5.91 Å². The van der Waals surface area contributed by atoms with E-state index < -0.39 is 0 Å². The van der Waals surface area contributed by atoms with Gasteiger partial charge in [0.05, 0.1) is 10.7 Å². The number of pyridine rings is 1. The third-order valence-corrected chi connectivity index (χ3v) is 2.87. The van der Waals surface area contributed by atoms with E-state index in [1.54, 1.807) is 43.6 Å². The first-order chi connectivity index (χ1) is 8.59. The fourth-order valence-electron chi connectivity index (χ4n) is 1.51. The average Bonchev–Trinajstić information content (AvgIpc) is 2.41. The number of benzene rings is 1. The lowest BCUT2D eigenvalue weighted by molar-refractivity contribution is 0.0992. The maximum absolute atomic E-state index is 12.2. The number of hydrogen-bond donors (Lipinski definition) is 1. The molecular weight excluding hydrogens is 250 g/mol. The van der Waals surface area contributed by atoms with Crippen molar-refractivity contribution in [2.75, 3.05) is 17.7 Å². The Hall–Kier alpha value is -2.07. The molecule has 0 aliphatic heterocycles. The molecule has 0 saturated heterocycles. The van der Waals surface area contributed by atoms with E-state index in [9.17, 15) is 4.79 Å². The second kappa shape index (κ2) is 5.06. The molecule has 0 aliphatic carbocycles. The van der Waals surface area contributed by atoms with Crippen molar-refractivity contribution in [1.29, 1.82) is 0 Å². The summed E-state index contributed by atoms with van der Waals surface area (Å²) in [6, 6.07) is 10.2. The highest BCUT2D eigenvalue weighted by molar-refractivity contribution is 6.33. The van der Waals surface area contributed by atoms with Crippen LogP contribution in [0, 0.1) is 0 Å². The molecular formula is C13H12ClN3O. The molecule has 0 radical (unpaired) electrons. The molecule has 92 valence electrons. The Bertz CT molecular complexity index is 572. The van der Waals surface area contributed by atoms with Crippen molar-refractivity contribution in [1.82, 2.24) is 4.98 Å². The molecule has 5 heteroatoms. The highest BCUT2D eigenvalue weighted by Gasteiger charge is 2.14. The van der Waals surface area contributed by atoms with Gasteiger partial charge in [-0.15, -0.1) is 0 Å². The predicted molar refractivity (Wildman–Crippen MR) is 72.8 cm³/mol. The van der Waals surface area contributed by atoms with Gasteiger partial charge in [-0.05, 0) is 30.3 Å². The zero-order valence-corrected chi connectivity index (χ0v) is 10.6. The molecule has 1 aromatic heterocycles. The largest absolute Gasteiger partial charge is 0.398 e. The monoisotopic (exact) mass is 261 g/mol. The van der Waals surface area contributed by atoms with Gasteiger partial charge in [-0.1, -0.05) is 17.7 Å². The number of nitrogens with two attached hydrogens (primary N) is 1. The second-order valence-electron chi connectivity index (χ2n) is 3.79. The zero-order valence-electron chi connectivity index (χ0n) is 9.80. The highest BCUT2D eigenvalue weighted by atomic mass is 35.5. The molecule has 4 nitrogen and oxygen atoms in total. The molecule has 0 saturated carbocycles. The van der Waals surface area contributed by atoms with Gasteiger partial charge in [0.1, 0.15) is 5.82 Å². The van der Waals surface area contributed by atoms with Gasteiger partial charge in [-0.25, -0.2) is 4.98 Å². The van der Waals surface area contributed by atoms with Gasteiger partial charge in [0.25, 0.3) is 5.91 Å². The molecule has 18 heavy (non-hydrogen) atoms. The fourth-order valence-corrected chi connectivity index (χ4v) is 1.69. The molecule has 2 N–H and O–H groups in total. The normalized spacial score (nSPS) is 10.1. The van der Waals surface area contributed by atoms with Crippen LogP contribution in [0.4, 0.5) is 11.5 Å². The third kappa shape index (κ3) is 2.43. The second-order valence-corrected chi connectivity index (χ2v) is 4.20. The average molecular weight is 262 g/mol. The molecule has 1 heterocycles. The van der Waals surface area contributed by atoms with Gasteiger partial charge >= 0.3 is 0 Å². The first kappa shape index (κ1) is 12.4. The minimum absolute atomic E-state index is 0.185. The van der Waals surface area contributed by atoms with Crippen LogP contribution in [0.2, 0.25) is 5.02 Å². The molecule has 0 unspecified atom stereocenters. The lowest BCUT2D eigenvalue weighted by Crippen LogP contribution is -2.26. The number of nitrogens with zero attached hydrogens (tertiary/aromatic N) is 2. The first-order valence-electron chi connectivity index (χ1n) is 5.33. The van der Waals surface area contributed by atoms with Gasteiger partial charge in [0.2, 0.25) is 0 Å². The van der Waals surface area contributed by atoms with Crippen LogP contribution in [-0.2, 0) is 0 Å². The Morgan fingerprint density at radius 3 is 2.72 bits per heavy atom. The van der Waals surface area contributed by atoms with Crippen molar-refractivity contribution in [2.45, 2.75) is 0 Å². The summed E-state index contributed by atoms with van der Waals surface area (Å²) in [5, 5.41) is 0.371. The minimum atomic E-state index is -0.185. The van der Waals surface area contributed by atoms with E-state index in [0.717, 1.165) is 0 Å². The van der Waals surface area contributed by atoms with E-state index in [1.165, 1.54) is 4.90 Å². The van der Waals surface area contributed by atoms with E-state index in [2.05, 4.69) is 4.98 Å². The number of carbonyl (C=O) groups is 1. The van der Waals surface area contributed by atoms with Crippen LogP contribution in [0.15, 0.2) is 42.6 Å². The lowest BCUT2D eigenvalue weighted by atomic mass is 10.2. The van der Waals surface area contributed by atoms with Crippen molar-refractivity contribution in [3.63, 3.8) is 0 Å². The minimum Gasteiger partial charge on any atom is -0.398 e. The molecule has 0 atom stereocenters. The molecule has 1 amide bonds.